The third-order valence-corrected chi connectivity index (χ3v) is 5.45. The Kier molecular flexibility index (Phi) is 5.61. The molecule has 1 aliphatic rings. The van der Waals surface area contributed by atoms with Gasteiger partial charge in [-0.25, -0.2) is 0 Å². The molecular formula is C23H25N3O4. The maximum Gasteiger partial charge on any atom is 0.257 e. The van der Waals surface area contributed by atoms with E-state index in [0.717, 1.165) is 35.8 Å². The van der Waals surface area contributed by atoms with Crippen molar-refractivity contribution in [2.75, 3.05) is 31.1 Å². The number of rotatable bonds is 5. The van der Waals surface area contributed by atoms with Gasteiger partial charge in [-0.15, -0.1) is 0 Å². The summed E-state index contributed by atoms with van der Waals surface area (Å²) in [6.45, 7) is 6.75. The number of hydrogen-bond donors (Lipinski definition) is 1. The highest BCUT2D eigenvalue weighted by atomic mass is 16.5. The van der Waals surface area contributed by atoms with Crippen LogP contribution >= 0.6 is 0 Å². The van der Waals surface area contributed by atoms with Crippen LogP contribution in [-0.4, -0.2) is 47.2 Å². The molecule has 1 saturated heterocycles. The number of para-hydroxylation sites is 1. The molecule has 2 aromatic carbocycles. The van der Waals surface area contributed by atoms with Crippen molar-refractivity contribution in [2.45, 2.75) is 20.5 Å². The molecule has 30 heavy (non-hydrogen) atoms. The second kappa shape index (κ2) is 8.49. The Morgan fingerprint density at radius 1 is 1.07 bits per heavy atom. The fourth-order valence-corrected chi connectivity index (χ4v) is 3.63. The minimum absolute atomic E-state index is 0.0327. The first kappa shape index (κ1) is 19.8. The van der Waals surface area contributed by atoms with E-state index in [0.29, 0.717) is 31.0 Å². The summed E-state index contributed by atoms with van der Waals surface area (Å²) in [6, 6.07) is 14.5. The molecule has 0 saturated carbocycles. The topological polar surface area (TPSA) is 79.0 Å². The maximum absolute atomic E-state index is 13.2. The number of piperazine rings is 1. The largest absolute Gasteiger partial charge is 0.508 e. The van der Waals surface area contributed by atoms with Crippen molar-refractivity contribution in [3.63, 3.8) is 0 Å². The van der Waals surface area contributed by atoms with E-state index in [4.69, 9.17) is 9.26 Å². The van der Waals surface area contributed by atoms with Gasteiger partial charge in [0.25, 0.3) is 5.91 Å². The summed E-state index contributed by atoms with van der Waals surface area (Å²) in [4.78, 5) is 17.2. The Morgan fingerprint density at radius 2 is 1.77 bits per heavy atom. The van der Waals surface area contributed by atoms with Crippen LogP contribution in [0.4, 0.5) is 5.69 Å². The molecule has 1 amide bonds. The molecule has 7 nitrogen and oxygen atoms in total. The molecule has 4 rings (SSSR count). The molecule has 0 bridgehead atoms. The van der Waals surface area contributed by atoms with Crippen molar-refractivity contribution in [3.8, 4) is 11.5 Å². The first-order valence-electron chi connectivity index (χ1n) is 10.00. The van der Waals surface area contributed by atoms with Gasteiger partial charge in [0.15, 0.2) is 0 Å². The number of anilines is 1. The van der Waals surface area contributed by atoms with Gasteiger partial charge in [-0.2, -0.15) is 0 Å². The van der Waals surface area contributed by atoms with Crippen LogP contribution in [0.2, 0.25) is 0 Å². The number of aromatic hydroxyl groups is 1. The first-order valence-corrected chi connectivity index (χ1v) is 10.00. The van der Waals surface area contributed by atoms with Crippen LogP contribution in [0.15, 0.2) is 53.1 Å². The molecule has 0 atom stereocenters. The van der Waals surface area contributed by atoms with Gasteiger partial charge in [-0.1, -0.05) is 17.3 Å². The number of hydrogen-bond acceptors (Lipinski definition) is 6. The number of ether oxygens (including phenoxy) is 1. The van der Waals surface area contributed by atoms with E-state index in [1.807, 2.05) is 49.1 Å². The second-order valence-electron chi connectivity index (χ2n) is 7.38. The molecule has 156 valence electrons. The van der Waals surface area contributed by atoms with Gasteiger partial charge in [0.1, 0.15) is 23.9 Å². The van der Waals surface area contributed by atoms with Crippen LogP contribution in [0.5, 0.6) is 11.5 Å². The van der Waals surface area contributed by atoms with Gasteiger partial charge in [0.2, 0.25) is 0 Å². The van der Waals surface area contributed by atoms with Gasteiger partial charge >= 0.3 is 0 Å². The summed E-state index contributed by atoms with van der Waals surface area (Å²) >= 11 is 0. The Labute approximate surface area is 175 Å². The number of phenolic OH excluding ortho intramolecular Hbond substituents is 1. The number of aryl methyl sites for hydroxylation is 2. The van der Waals surface area contributed by atoms with Crippen molar-refractivity contribution in [3.05, 3.63) is 71.1 Å². The van der Waals surface area contributed by atoms with Gasteiger partial charge in [0, 0.05) is 31.9 Å². The lowest BCUT2D eigenvalue weighted by atomic mass is 10.1. The third kappa shape index (κ3) is 4.10. The molecule has 1 aromatic heterocycles. The zero-order valence-electron chi connectivity index (χ0n) is 17.2. The molecule has 0 spiro atoms. The average Bonchev–Trinajstić information content (AvgIpc) is 3.10. The number of nitrogens with zero attached hydrogens (tertiary/aromatic N) is 3. The standard InChI is InChI=1S/C23H25N3O4/c1-16-21(17(2)30-24-16)15-29-22-6-4-3-5-20(22)23(28)26-13-11-25(12-14-26)18-7-9-19(27)10-8-18/h3-10,27H,11-15H2,1-2H3. The number of amides is 1. The predicted octanol–water partition coefficient (Wildman–Crippen LogP) is 3.54. The monoisotopic (exact) mass is 407 g/mol. The highest BCUT2D eigenvalue weighted by Gasteiger charge is 2.24. The van der Waals surface area contributed by atoms with Crippen LogP contribution in [0.3, 0.4) is 0 Å². The maximum atomic E-state index is 13.2. The molecule has 3 aromatic rings. The van der Waals surface area contributed by atoms with Crippen LogP contribution in [0.1, 0.15) is 27.4 Å². The lowest BCUT2D eigenvalue weighted by Gasteiger charge is -2.36. The molecule has 7 heteroatoms. The molecule has 0 radical (unpaired) electrons. The van der Waals surface area contributed by atoms with E-state index in [1.165, 1.54) is 0 Å². The molecule has 2 heterocycles. The molecule has 0 unspecified atom stereocenters. The highest BCUT2D eigenvalue weighted by Crippen LogP contribution is 2.25. The van der Waals surface area contributed by atoms with E-state index in [9.17, 15) is 9.90 Å². The van der Waals surface area contributed by atoms with Crippen LogP contribution < -0.4 is 9.64 Å². The lowest BCUT2D eigenvalue weighted by molar-refractivity contribution is 0.0742. The summed E-state index contributed by atoms with van der Waals surface area (Å²) < 4.78 is 11.2. The van der Waals surface area contributed by atoms with Crippen molar-refractivity contribution in [1.82, 2.24) is 10.1 Å². The Balaban J connectivity index is 1.42. The summed E-state index contributed by atoms with van der Waals surface area (Å²) in [6.07, 6.45) is 0. The fraction of sp³-hybridized carbons (Fsp3) is 0.304. The van der Waals surface area contributed by atoms with Crippen LogP contribution in [0, 0.1) is 13.8 Å². The van der Waals surface area contributed by atoms with Crippen molar-refractivity contribution < 1.29 is 19.2 Å². The Hall–Kier alpha value is -3.48. The molecule has 0 aliphatic carbocycles. The minimum Gasteiger partial charge on any atom is -0.508 e. The van der Waals surface area contributed by atoms with Gasteiger partial charge < -0.3 is 24.2 Å². The lowest BCUT2D eigenvalue weighted by Crippen LogP contribution is -2.48. The number of aromatic nitrogens is 1. The molecule has 1 N–H and O–H groups in total. The highest BCUT2D eigenvalue weighted by molar-refractivity contribution is 5.97. The Morgan fingerprint density at radius 3 is 2.43 bits per heavy atom. The zero-order valence-corrected chi connectivity index (χ0v) is 17.2. The summed E-state index contributed by atoms with van der Waals surface area (Å²) in [5.41, 5.74) is 3.30. The quantitative estimate of drug-likeness (QED) is 0.697. The van der Waals surface area contributed by atoms with Crippen molar-refractivity contribution in [1.29, 1.82) is 0 Å². The van der Waals surface area contributed by atoms with E-state index < -0.39 is 0 Å². The fourth-order valence-electron chi connectivity index (χ4n) is 3.63. The van der Waals surface area contributed by atoms with Gasteiger partial charge in [0.05, 0.1) is 16.8 Å². The van der Waals surface area contributed by atoms with Crippen molar-refractivity contribution in [2.24, 2.45) is 0 Å². The Bertz CT molecular complexity index is 1000. The predicted molar refractivity (Wildman–Crippen MR) is 113 cm³/mol. The van der Waals surface area contributed by atoms with Crippen LogP contribution in [-0.2, 0) is 6.61 Å². The van der Waals surface area contributed by atoms with E-state index >= 15 is 0 Å². The smallest absolute Gasteiger partial charge is 0.257 e. The average molecular weight is 407 g/mol. The van der Waals surface area contributed by atoms with E-state index in [2.05, 4.69) is 10.1 Å². The second-order valence-corrected chi connectivity index (χ2v) is 7.38. The van der Waals surface area contributed by atoms with Crippen molar-refractivity contribution >= 4 is 11.6 Å². The molecule has 1 aliphatic heterocycles. The number of carbonyl (C=O) groups is 1. The summed E-state index contributed by atoms with van der Waals surface area (Å²) in [5.74, 6) is 1.50. The number of phenols is 1. The van der Waals surface area contributed by atoms with E-state index in [1.54, 1.807) is 18.2 Å². The number of benzene rings is 2. The normalized spacial score (nSPS) is 14.1. The van der Waals surface area contributed by atoms with Gasteiger partial charge in [-0.05, 0) is 50.2 Å². The third-order valence-electron chi connectivity index (χ3n) is 5.45. The zero-order chi connectivity index (χ0) is 21.1. The minimum atomic E-state index is -0.0327. The molecule has 1 fully saturated rings. The van der Waals surface area contributed by atoms with Gasteiger partial charge in [-0.3, -0.25) is 4.79 Å². The van der Waals surface area contributed by atoms with E-state index in [-0.39, 0.29) is 11.7 Å². The SMILES string of the molecule is Cc1noc(C)c1COc1ccccc1C(=O)N1CCN(c2ccc(O)cc2)CC1. The summed E-state index contributed by atoms with van der Waals surface area (Å²) in [5, 5.41) is 13.4. The number of carbonyl (C=O) groups excluding carboxylic acids is 1. The molecular weight excluding hydrogens is 382 g/mol. The van der Waals surface area contributed by atoms with Crippen LogP contribution in [0.25, 0.3) is 0 Å². The summed E-state index contributed by atoms with van der Waals surface area (Å²) in [7, 11) is 0. The first-order chi connectivity index (χ1) is 14.5.